The van der Waals surface area contributed by atoms with Gasteiger partial charge in [-0.3, -0.25) is 4.79 Å². The number of aromatic nitrogens is 1. The number of hydrogen-bond acceptors (Lipinski definition) is 4. The number of benzene rings is 3. The fourth-order valence-corrected chi connectivity index (χ4v) is 4.59. The largest absolute Gasteiger partial charge is 0.489 e. The molecule has 1 fully saturated rings. The molecule has 0 bridgehead atoms. The van der Waals surface area contributed by atoms with Crippen LogP contribution in [-0.2, 0) is 17.8 Å². The summed E-state index contributed by atoms with van der Waals surface area (Å²) >= 11 is 12.8. The van der Waals surface area contributed by atoms with Crippen molar-refractivity contribution < 1.29 is 23.6 Å². The molecule has 1 saturated carbocycles. The van der Waals surface area contributed by atoms with E-state index in [2.05, 4.69) is 5.16 Å². The van der Waals surface area contributed by atoms with Gasteiger partial charge in [0.1, 0.15) is 29.6 Å². The first-order valence-corrected chi connectivity index (χ1v) is 11.8. The lowest BCUT2D eigenvalue weighted by Gasteiger charge is -2.11. The number of ether oxygens (including phenoxy) is 1. The second-order valence-electron chi connectivity index (χ2n) is 8.44. The van der Waals surface area contributed by atoms with Gasteiger partial charge in [0.25, 0.3) is 0 Å². The summed E-state index contributed by atoms with van der Waals surface area (Å²) in [4.78, 5) is 10.9. The van der Waals surface area contributed by atoms with Crippen molar-refractivity contribution in [3.8, 4) is 28.1 Å². The van der Waals surface area contributed by atoms with Crippen molar-refractivity contribution in [1.29, 1.82) is 0 Å². The quantitative estimate of drug-likeness (QED) is 0.264. The molecule has 0 radical (unpaired) electrons. The van der Waals surface area contributed by atoms with Crippen molar-refractivity contribution in [2.24, 2.45) is 0 Å². The minimum atomic E-state index is -1.00. The summed E-state index contributed by atoms with van der Waals surface area (Å²) in [5.41, 5.74) is 3.45. The summed E-state index contributed by atoms with van der Waals surface area (Å²) in [6.07, 6.45) is 1.84. The van der Waals surface area contributed by atoms with Crippen LogP contribution < -0.4 is 4.74 Å². The Morgan fingerprint density at radius 3 is 2.43 bits per heavy atom. The molecule has 1 heterocycles. The maximum absolute atomic E-state index is 14.6. The maximum atomic E-state index is 14.6. The zero-order chi connectivity index (χ0) is 24.5. The zero-order valence-electron chi connectivity index (χ0n) is 18.4. The van der Waals surface area contributed by atoms with Crippen LogP contribution in [0.1, 0.15) is 35.6 Å². The van der Waals surface area contributed by atoms with Crippen molar-refractivity contribution in [3.63, 3.8) is 0 Å². The van der Waals surface area contributed by atoms with Gasteiger partial charge in [-0.2, -0.15) is 0 Å². The second-order valence-corrected chi connectivity index (χ2v) is 9.26. The monoisotopic (exact) mass is 511 g/mol. The molecule has 5 rings (SSSR count). The molecule has 0 amide bonds. The van der Waals surface area contributed by atoms with Crippen molar-refractivity contribution in [2.45, 2.75) is 31.8 Å². The van der Waals surface area contributed by atoms with Crippen LogP contribution in [0.4, 0.5) is 4.39 Å². The number of aliphatic carboxylic acids is 1. The predicted octanol–water partition coefficient (Wildman–Crippen LogP) is 7.54. The molecule has 35 heavy (non-hydrogen) atoms. The minimum Gasteiger partial charge on any atom is -0.489 e. The van der Waals surface area contributed by atoms with Gasteiger partial charge in [-0.1, -0.05) is 58.7 Å². The summed E-state index contributed by atoms with van der Waals surface area (Å²) < 4.78 is 26.3. The van der Waals surface area contributed by atoms with E-state index in [-0.39, 0.29) is 13.0 Å². The van der Waals surface area contributed by atoms with Crippen molar-refractivity contribution in [2.75, 3.05) is 0 Å². The Labute approximate surface area is 211 Å². The molecular weight excluding hydrogens is 492 g/mol. The van der Waals surface area contributed by atoms with E-state index in [4.69, 9.17) is 37.6 Å². The fraction of sp³-hybridized carbons (Fsp3) is 0.185. The van der Waals surface area contributed by atoms with Gasteiger partial charge in [0.2, 0.25) is 0 Å². The molecule has 1 N–H and O–H groups in total. The first kappa shape index (κ1) is 23.4. The van der Waals surface area contributed by atoms with Crippen LogP contribution in [0.2, 0.25) is 10.0 Å². The number of hydrogen-bond donors (Lipinski definition) is 1. The molecule has 0 unspecified atom stereocenters. The predicted molar refractivity (Wildman–Crippen MR) is 131 cm³/mol. The Hall–Kier alpha value is -3.35. The van der Waals surface area contributed by atoms with Gasteiger partial charge in [-0.05, 0) is 54.3 Å². The van der Waals surface area contributed by atoms with Crippen LogP contribution in [0.15, 0.2) is 65.2 Å². The summed E-state index contributed by atoms with van der Waals surface area (Å²) in [6.45, 7) is 0.212. The number of halogens is 3. The van der Waals surface area contributed by atoms with E-state index in [1.54, 1.807) is 54.6 Å². The van der Waals surface area contributed by atoms with Gasteiger partial charge in [-0.15, -0.1) is 0 Å². The third-order valence-corrected chi connectivity index (χ3v) is 6.53. The van der Waals surface area contributed by atoms with Crippen LogP contribution in [0, 0.1) is 5.82 Å². The summed E-state index contributed by atoms with van der Waals surface area (Å²) in [5.74, 6) is 0.214. The Bertz CT molecular complexity index is 1380. The lowest BCUT2D eigenvalue weighted by Crippen LogP contribution is -2.01. The Morgan fingerprint density at radius 2 is 1.80 bits per heavy atom. The normalized spacial score (nSPS) is 13.1. The molecule has 4 aromatic rings. The molecule has 8 heteroatoms. The van der Waals surface area contributed by atoms with Crippen molar-refractivity contribution in [3.05, 3.63) is 93.4 Å². The molecule has 1 aromatic heterocycles. The van der Waals surface area contributed by atoms with E-state index in [1.165, 1.54) is 6.07 Å². The van der Waals surface area contributed by atoms with Crippen LogP contribution in [0.25, 0.3) is 22.4 Å². The molecule has 0 spiro atoms. The van der Waals surface area contributed by atoms with Gasteiger partial charge in [0.15, 0.2) is 0 Å². The highest BCUT2D eigenvalue weighted by Crippen LogP contribution is 2.46. The van der Waals surface area contributed by atoms with E-state index < -0.39 is 11.8 Å². The SMILES string of the molecule is O=C(O)Cc1ccc(-c2ccc(OCc3c(-c4c(Cl)cccc4Cl)noc3C3CC3)cc2)c(F)c1. The van der Waals surface area contributed by atoms with Crippen LogP contribution in [-0.4, -0.2) is 16.2 Å². The molecule has 1 aliphatic rings. The number of carboxylic acids is 1. The van der Waals surface area contributed by atoms with Gasteiger partial charge in [0, 0.05) is 17.0 Å². The Morgan fingerprint density at radius 1 is 1.09 bits per heavy atom. The smallest absolute Gasteiger partial charge is 0.307 e. The number of rotatable bonds is 8. The molecule has 3 aromatic carbocycles. The van der Waals surface area contributed by atoms with Gasteiger partial charge in [0.05, 0.1) is 22.0 Å². The van der Waals surface area contributed by atoms with E-state index in [1.807, 2.05) is 0 Å². The minimum absolute atomic E-state index is 0.212. The third kappa shape index (κ3) is 5.04. The lowest BCUT2D eigenvalue weighted by atomic mass is 10.0. The number of carbonyl (C=O) groups is 1. The maximum Gasteiger partial charge on any atom is 0.307 e. The average molecular weight is 512 g/mol. The first-order valence-electron chi connectivity index (χ1n) is 11.1. The topological polar surface area (TPSA) is 72.6 Å². The molecule has 1 aliphatic carbocycles. The Kier molecular flexibility index (Phi) is 6.50. The number of nitrogens with zero attached hydrogens (tertiary/aromatic N) is 1. The van der Waals surface area contributed by atoms with Crippen LogP contribution in [0.3, 0.4) is 0 Å². The number of carboxylic acid groups (broad SMARTS) is 1. The summed E-state index contributed by atoms with van der Waals surface area (Å²) in [7, 11) is 0. The fourth-order valence-electron chi connectivity index (χ4n) is 4.01. The van der Waals surface area contributed by atoms with E-state index in [0.717, 1.165) is 24.2 Å². The highest BCUT2D eigenvalue weighted by molar-refractivity contribution is 6.39. The molecule has 5 nitrogen and oxygen atoms in total. The first-order chi connectivity index (χ1) is 16.9. The van der Waals surface area contributed by atoms with Crippen LogP contribution >= 0.6 is 23.2 Å². The average Bonchev–Trinajstić information content (AvgIpc) is 3.58. The molecule has 178 valence electrons. The van der Waals surface area contributed by atoms with E-state index >= 15 is 0 Å². The van der Waals surface area contributed by atoms with Gasteiger partial charge < -0.3 is 14.4 Å². The van der Waals surface area contributed by atoms with E-state index in [9.17, 15) is 9.18 Å². The zero-order valence-corrected chi connectivity index (χ0v) is 19.9. The third-order valence-electron chi connectivity index (χ3n) is 5.90. The van der Waals surface area contributed by atoms with E-state index in [0.29, 0.717) is 49.7 Å². The lowest BCUT2D eigenvalue weighted by molar-refractivity contribution is -0.136. The Balaban J connectivity index is 1.36. The molecule has 0 saturated heterocycles. The highest BCUT2D eigenvalue weighted by atomic mass is 35.5. The summed E-state index contributed by atoms with van der Waals surface area (Å²) in [5, 5.41) is 14.1. The molecular formula is C27H20Cl2FNO4. The molecule has 0 atom stereocenters. The van der Waals surface area contributed by atoms with Gasteiger partial charge in [-0.25, -0.2) is 4.39 Å². The van der Waals surface area contributed by atoms with Crippen LogP contribution in [0.5, 0.6) is 5.75 Å². The van der Waals surface area contributed by atoms with Gasteiger partial charge >= 0.3 is 5.97 Å². The van der Waals surface area contributed by atoms with Crippen molar-refractivity contribution >= 4 is 29.2 Å². The van der Waals surface area contributed by atoms with Crippen molar-refractivity contribution in [1.82, 2.24) is 5.16 Å². The standard InChI is InChI=1S/C27H20Cl2FNO4/c28-21-2-1-3-22(29)25(21)26-20(27(35-31-26)17-5-6-17)14-34-18-9-7-16(8-10-18)19-11-4-15(12-23(19)30)13-24(32)33/h1-4,7-12,17H,5-6,13-14H2,(H,32,33). The molecule has 0 aliphatic heterocycles. The second kappa shape index (κ2) is 9.72. The highest BCUT2D eigenvalue weighted by Gasteiger charge is 2.33. The summed E-state index contributed by atoms with van der Waals surface area (Å²) in [6, 6.07) is 16.8.